The number of aryl methyl sites for hydroxylation is 2. The second-order valence-corrected chi connectivity index (χ2v) is 5.48. The van der Waals surface area contributed by atoms with Crippen molar-refractivity contribution in [3.05, 3.63) is 47.7 Å². The van der Waals surface area contributed by atoms with Crippen LogP contribution in [-0.4, -0.2) is 31.6 Å². The monoisotopic (exact) mass is 337 g/mol. The molecule has 0 aliphatic heterocycles. The molecule has 0 saturated carbocycles. The van der Waals surface area contributed by atoms with Crippen LogP contribution in [0, 0.1) is 6.92 Å². The molecule has 0 radical (unpaired) electrons. The molecule has 3 aromatic heterocycles. The molecule has 3 heterocycles. The predicted molar refractivity (Wildman–Crippen MR) is 80.3 cm³/mol. The van der Waals surface area contributed by atoms with Crippen LogP contribution in [0.15, 0.2) is 30.7 Å². The van der Waals surface area contributed by atoms with Crippen LogP contribution in [0.25, 0.3) is 11.2 Å². The van der Waals surface area contributed by atoms with Gasteiger partial charge in [0, 0.05) is 31.2 Å². The van der Waals surface area contributed by atoms with Gasteiger partial charge in [0.1, 0.15) is 5.82 Å². The highest BCUT2D eigenvalue weighted by Crippen LogP contribution is 2.33. The van der Waals surface area contributed by atoms with Crippen molar-refractivity contribution < 1.29 is 18.0 Å². The van der Waals surface area contributed by atoms with E-state index < -0.39 is 18.1 Å². The topological polar surface area (TPSA) is 75.6 Å². The molecule has 2 N–H and O–H groups in total. The summed E-state index contributed by atoms with van der Waals surface area (Å²) in [7, 11) is 1.61. The average molecular weight is 337 g/mol. The first-order chi connectivity index (χ1) is 11.2. The van der Waals surface area contributed by atoms with E-state index in [9.17, 15) is 18.0 Å². The summed E-state index contributed by atoms with van der Waals surface area (Å²) >= 11 is 0. The van der Waals surface area contributed by atoms with E-state index in [0.29, 0.717) is 17.0 Å². The number of fused-ring (bicyclic) bond motifs is 1. The highest BCUT2D eigenvalue weighted by atomic mass is 19.4. The van der Waals surface area contributed by atoms with Gasteiger partial charge in [-0.1, -0.05) is 0 Å². The number of aromatic nitrogens is 4. The Hall–Kier alpha value is -2.84. The van der Waals surface area contributed by atoms with Crippen LogP contribution in [0.2, 0.25) is 0 Å². The fourth-order valence-corrected chi connectivity index (χ4v) is 2.41. The third-order valence-corrected chi connectivity index (χ3v) is 3.51. The van der Waals surface area contributed by atoms with Crippen molar-refractivity contribution >= 4 is 17.1 Å². The van der Waals surface area contributed by atoms with Crippen molar-refractivity contribution in [2.24, 2.45) is 7.05 Å². The van der Waals surface area contributed by atoms with E-state index in [4.69, 9.17) is 0 Å². The van der Waals surface area contributed by atoms with E-state index in [2.05, 4.69) is 15.0 Å². The summed E-state index contributed by atoms with van der Waals surface area (Å²) < 4.78 is 41.4. The van der Waals surface area contributed by atoms with Crippen molar-refractivity contribution in [2.75, 3.05) is 0 Å². The van der Waals surface area contributed by atoms with Gasteiger partial charge in [-0.05, 0) is 19.1 Å². The largest absolute Gasteiger partial charge is 0.412 e. The lowest BCUT2D eigenvalue weighted by atomic mass is 10.1. The number of H-pyrrole nitrogens is 1. The molecule has 0 aromatic carbocycles. The number of carbonyl (C=O) groups is 1. The molecule has 0 saturated heterocycles. The lowest BCUT2D eigenvalue weighted by Gasteiger charge is -2.20. The first-order valence-corrected chi connectivity index (χ1v) is 7.06. The Morgan fingerprint density at radius 1 is 1.42 bits per heavy atom. The predicted octanol–water partition coefficient (Wildman–Crippen LogP) is 2.64. The van der Waals surface area contributed by atoms with Crippen LogP contribution in [0.1, 0.15) is 27.8 Å². The molecule has 0 aliphatic rings. The van der Waals surface area contributed by atoms with Crippen molar-refractivity contribution in [3.63, 3.8) is 0 Å². The molecular weight excluding hydrogens is 323 g/mol. The summed E-state index contributed by atoms with van der Waals surface area (Å²) in [5.74, 6) is -0.254. The number of rotatable bonds is 3. The number of pyridine rings is 1. The normalized spacial score (nSPS) is 13.2. The number of alkyl halides is 3. The van der Waals surface area contributed by atoms with Gasteiger partial charge >= 0.3 is 6.18 Å². The standard InChI is InChI=1S/C15H14F3N5O/c1-8-20-11-5-10(6-19-13(11)21-8)14(24)22-12(15(16,17)18)9-3-4-23(2)7-9/h3-7,12H,1-2H3,(H,22,24)(H,19,20,21)/t12-/m1/s1. The molecule has 3 aromatic rings. The number of amides is 1. The smallest absolute Gasteiger partial charge is 0.357 e. The number of hydrogen-bond donors (Lipinski definition) is 2. The highest BCUT2D eigenvalue weighted by molar-refractivity contribution is 5.96. The third-order valence-electron chi connectivity index (χ3n) is 3.51. The Labute approximate surface area is 134 Å². The van der Waals surface area contributed by atoms with Gasteiger partial charge in [-0.25, -0.2) is 9.97 Å². The van der Waals surface area contributed by atoms with Gasteiger partial charge in [0.2, 0.25) is 0 Å². The van der Waals surface area contributed by atoms with Crippen LogP contribution in [0.5, 0.6) is 0 Å². The van der Waals surface area contributed by atoms with Crippen molar-refractivity contribution in [3.8, 4) is 0 Å². The Morgan fingerprint density at radius 3 is 2.79 bits per heavy atom. The van der Waals surface area contributed by atoms with E-state index in [1.807, 2.05) is 5.32 Å². The lowest BCUT2D eigenvalue weighted by molar-refractivity contribution is -0.155. The van der Waals surface area contributed by atoms with Gasteiger partial charge in [0.25, 0.3) is 5.91 Å². The van der Waals surface area contributed by atoms with Gasteiger partial charge in [-0.15, -0.1) is 0 Å². The summed E-state index contributed by atoms with van der Waals surface area (Å²) in [6, 6.07) is 0.652. The molecule has 1 atom stereocenters. The van der Waals surface area contributed by atoms with E-state index in [0.717, 1.165) is 0 Å². The first kappa shape index (κ1) is 16.0. The van der Waals surface area contributed by atoms with Gasteiger partial charge < -0.3 is 14.9 Å². The van der Waals surface area contributed by atoms with Gasteiger partial charge in [0.05, 0.1) is 11.1 Å². The Bertz CT molecular complexity index is 896. The van der Waals surface area contributed by atoms with Gasteiger partial charge in [-0.3, -0.25) is 4.79 Å². The number of imidazole rings is 1. The van der Waals surface area contributed by atoms with Crippen LogP contribution in [0.3, 0.4) is 0 Å². The van der Waals surface area contributed by atoms with E-state index in [-0.39, 0.29) is 11.1 Å². The second-order valence-electron chi connectivity index (χ2n) is 5.48. The Kier molecular flexibility index (Phi) is 3.78. The van der Waals surface area contributed by atoms with Crippen molar-refractivity contribution in [2.45, 2.75) is 19.1 Å². The van der Waals surface area contributed by atoms with Crippen LogP contribution in [-0.2, 0) is 7.05 Å². The minimum absolute atomic E-state index is 0.0244. The van der Waals surface area contributed by atoms with Crippen LogP contribution >= 0.6 is 0 Å². The zero-order chi connectivity index (χ0) is 17.5. The zero-order valence-electron chi connectivity index (χ0n) is 12.8. The molecule has 0 aliphatic carbocycles. The Balaban J connectivity index is 1.89. The number of carbonyl (C=O) groups excluding carboxylic acids is 1. The fraction of sp³-hybridized carbons (Fsp3) is 0.267. The molecule has 0 bridgehead atoms. The van der Waals surface area contributed by atoms with E-state index in [1.165, 1.54) is 35.3 Å². The van der Waals surface area contributed by atoms with E-state index in [1.54, 1.807) is 14.0 Å². The molecular formula is C15H14F3N5O. The molecule has 24 heavy (non-hydrogen) atoms. The molecule has 1 amide bonds. The molecule has 9 heteroatoms. The van der Waals surface area contributed by atoms with Crippen LogP contribution in [0.4, 0.5) is 13.2 Å². The minimum atomic E-state index is -4.61. The quantitative estimate of drug-likeness (QED) is 0.771. The summed E-state index contributed by atoms with van der Waals surface area (Å²) in [5.41, 5.74) is 0.879. The number of nitrogens with zero attached hydrogens (tertiary/aromatic N) is 3. The maximum atomic E-state index is 13.3. The molecule has 126 valence electrons. The lowest BCUT2D eigenvalue weighted by Crippen LogP contribution is -2.38. The summed E-state index contributed by atoms with van der Waals surface area (Å²) in [4.78, 5) is 23.2. The van der Waals surface area contributed by atoms with Gasteiger partial charge in [-0.2, -0.15) is 13.2 Å². The van der Waals surface area contributed by atoms with Gasteiger partial charge in [0.15, 0.2) is 11.7 Å². The number of nitrogens with one attached hydrogen (secondary N) is 2. The summed E-state index contributed by atoms with van der Waals surface area (Å²) in [6.07, 6.45) is -0.602. The number of halogens is 3. The highest BCUT2D eigenvalue weighted by Gasteiger charge is 2.42. The third kappa shape index (κ3) is 3.10. The van der Waals surface area contributed by atoms with Crippen molar-refractivity contribution in [1.29, 1.82) is 0 Å². The molecule has 3 rings (SSSR count). The maximum Gasteiger partial charge on any atom is 0.412 e. The number of aromatic amines is 1. The minimum Gasteiger partial charge on any atom is -0.357 e. The second kappa shape index (κ2) is 5.66. The maximum absolute atomic E-state index is 13.3. The molecule has 0 fully saturated rings. The summed E-state index contributed by atoms with van der Waals surface area (Å²) in [6.45, 7) is 1.72. The average Bonchev–Trinajstić information content (AvgIpc) is 3.06. The fourth-order valence-electron chi connectivity index (χ4n) is 2.41. The molecule has 0 spiro atoms. The summed E-state index contributed by atoms with van der Waals surface area (Å²) in [5, 5.41) is 2.02. The first-order valence-electron chi connectivity index (χ1n) is 7.06. The molecule has 0 unspecified atom stereocenters. The zero-order valence-corrected chi connectivity index (χ0v) is 12.8. The Morgan fingerprint density at radius 2 is 2.17 bits per heavy atom. The molecule has 6 nitrogen and oxygen atoms in total. The number of hydrogen-bond acceptors (Lipinski definition) is 3. The van der Waals surface area contributed by atoms with E-state index >= 15 is 0 Å². The SMILES string of the molecule is Cc1nc2ncc(C(=O)N[C@H](c3ccn(C)c3)C(F)(F)F)cc2[nH]1. The van der Waals surface area contributed by atoms with Crippen LogP contribution < -0.4 is 5.32 Å². The van der Waals surface area contributed by atoms with Crippen molar-refractivity contribution in [1.82, 2.24) is 24.8 Å².